The van der Waals surface area contributed by atoms with Gasteiger partial charge in [-0.1, -0.05) is 0 Å². The average Bonchev–Trinajstić information content (AvgIpc) is 2.92. The number of nitrogens with two attached hydrogens (primary N) is 2. The molecule has 1 heterocycles. The number of hydrogen-bond acceptors (Lipinski definition) is 6. The van der Waals surface area contributed by atoms with Gasteiger partial charge in [0.2, 0.25) is 10.0 Å². The summed E-state index contributed by atoms with van der Waals surface area (Å²) in [6.07, 6.45) is 4.36. The van der Waals surface area contributed by atoms with Crippen molar-refractivity contribution in [3.8, 4) is 0 Å². The van der Waals surface area contributed by atoms with E-state index in [0.717, 1.165) is 12.8 Å². The fourth-order valence-electron chi connectivity index (χ4n) is 4.29. The quantitative estimate of drug-likeness (QED) is 0.665. The fourth-order valence-corrected chi connectivity index (χ4v) is 5.14. The van der Waals surface area contributed by atoms with Crippen molar-refractivity contribution >= 4 is 16.0 Å². The Labute approximate surface area is 131 Å². The van der Waals surface area contributed by atoms with E-state index in [1.807, 2.05) is 0 Å². The molecular formula is C14H25N3O4S. The van der Waals surface area contributed by atoms with E-state index in [0.29, 0.717) is 32.4 Å². The number of carbonyl (C=O) groups is 1. The van der Waals surface area contributed by atoms with Crippen molar-refractivity contribution in [1.29, 1.82) is 0 Å². The molecule has 4 fully saturated rings. The molecule has 0 aromatic heterocycles. The first-order valence-electron chi connectivity index (χ1n) is 7.83. The number of esters is 1. The van der Waals surface area contributed by atoms with Gasteiger partial charge >= 0.3 is 5.97 Å². The molecule has 2 bridgehead atoms. The Morgan fingerprint density at radius 3 is 2.55 bits per heavy atom. The summed E-state index contributed by atoms with van der Waals surface area (Å²) in [6, 6.07) is 0. The summed E-state index contributed by atoms with van der Waals surface area (Å²) in [6.45, 7) is 1.03. The molecule has 4 N–H and O–H groups in total. The van der Waals surface area contributed by atoms with E-state index in [-0.39, 0.29) is 24.0 Å². The molecule has 2 atom stereocenters. The Bertz CT molecular complexity index is 571. The normalized spacial score (nSPS) is 42.0. The SMILES string of the molecule is CS(=O)(=O)N1CCC(CN)C(OC(=O)C23CCC(N)(C2)C3)C1. The van der Waals surface area contributed by atoms with Crippen molar-refractivity contribution in [1.82, 2.24) is 4.31 Å². The van der Waals surface area contributed by atoms with Crippen LogP contribution in [0.15, 0.2) is 0 Å². The summed E-state index contributed by atoms with van der Waals surface area (Å²) in [4.78, 5) is 12.5. The molecule has 22 heavy (non-hydrogen) atoms. The number of carbonyl (C=O) groups excluding carboxylic acids is 1. The lowest BCUT2D eigenvalue weighted by molar-refractivity contribution is -0.171. The van der Waals surface area contributed by atoms with Crippen LogP contribution in [0.2, 0.25) is 0 Å². The highest BCUT2D eigenvalue weighted by Crippen LogP contribution is 2.60. The Balaban J connectivity index is 1.68. The van der Waals surface area contributed by atoms with Gasteiger partial charge in [0.1, 0.15) is 6.10 Å². The van der Waals surface area contributed by atoms with Crippen molar-refractivity contribution in [2.75, 3.05) is 25.9 Å². The van der Waals surface area contributed by atoms with Gasteiger partial charge in [0.15, 0.2) is 0 Å². The second-order valence-electron chi connectivity index (χ2n) is 7.35. The molecule has 4 rings (SSSR count). The summed E-state index contributed by atoms with van der Waals surface area (Å²) in [7, 11) is -3.28. The molecule has 0 amide bonds. The smallest absolute Gasteiger partial charge is 0.312 e. The van der Waals surface area contributed by atoms with Gasteiger partial charge in [-0.2, -0.15) is 4.31 Å². The van der Waals surface area contributed by atoms with Crippen LogP contribution < -0.4 is 11.5 Å². The van der Waals surface area contributed by atoms with E-state index in [1.54, 1.807) is 0 Å². The van der Waals surface area contributed by atoms with E-state index in [2.05, 4.69) is 0 Å². The first kappa shape index (κ1) is 16.2. The lowest BCUT2D eigenvalue weighted by Gasteiger charge is -2.44. The van der Waals surface area contributed by atoms with Gasteiger partial charge in [-0.05, 0) is 38.6 Å². The van der Waals surface area contributed by atoms with Gasteiger partial charge in [0, 0.05) is 18.0 Å². The van der Waals surface area contributed by atoms with Crippen molar-refractivity contribution in [3.63, 3.8) is 0 Å². The molecule has 1 saturated heterocycles. The second-order valence-corrected chi connectivity index (χ2v) is 9.33. The van der Waals surface area contributed by atoms with Gasteiger partial charge in [-0.25, -0.2) is 8.42 Å². The van der Waals surface area contributed by atoms with E-state index < -0.39 is 21.5 Å². The topological polar surface area (TPSA) is 116 Å². The zero-order valence-electron chi connectivity index (χ0n) is 13.0. The lowest BCUT2D eigenvalue weighted by atomic mass is 9.65. The maximum absolute atomic E-state index is 12.5. The summed E-state index contributed by atoms with van der Waals surface area (Å²) in [5.41, 5.74) is 11.3. The van der Waals surface area contributed by atoms with Gasteiger partial charge in [0.05, 0.1) is 18.2 Å². The number of piperidine rings is 1. The Morgan fingerprint density at radius 1 is 1.36 bits per heavy atom. The van der Waals surface area contributed by atoms with Crippen molar-refractivity contribution in [2.24, 2.45) is 22.8 Å². The molecule has 126 valence electrons. The lowest BCUT2D eigenvalue weighted by Crippen LogP contribution is -2.56. The highest BCUT2D eigenvalue weighted by molar-refractivity contribution is 7.88. The molecule has 8 heteroatoms. The molecular weight excluding hydrogens is 306 g/mol. The molecule has 3 aliphatic carbocycles. The van der Waals surface area contributed by atoms with Crippen LogP contribution in [-0.2, 0) is 19.6 Å². The van der Waals surface area contributed by atoms with Crippen molar-refractivity contribution in [2.45, 2.75) is 43.7 Å². The maximum Gasteiger partial charge on any atom is 0.312 e. The fraction of sp³-hybridized carbons (Fsp3) is 0.929. The Hall–Kier alpha value is -0.700. The van der Waals surface area contributed by atoms with Crippen LogP contribution in [-0.4, -0.2) is 56.2 Å². The molecule has 0 aromatic carbocycles. The molecule has 7 nitrogen and oxygen atoms in total. The van der Waals surface area contributed by atoms with Crippen LogP contribution in [0.1, 0.15) is 32.1 Å². The van der Waals surface area contributed by atoms with Crippen LogP contribution in [0.4, 0.5) is 0 Å². The third-order valence-electron chi connectivity index (χ3n) is 5.60. The molecule has 4 aliphatic rings. The maximum atomic E-state index is 12.5. The number of fused-ring (bicyclic) bond motifs is 1. The number of rotatable bonds is 4. The highest BCUT2D eigenvalue weighted by Gasteiger charge is 2.64. The highest BCUT2D eigenvalue weighted by atomic mass is 32.2. The van der Waals surface area contributed by atoms with E-state index in [4.69, 9.17) is 16.2 Å². The minimum absolute atomic E-state index is 0.0162. The largest absolute Gasteiger partial charge is 0.460 e. The molecule has 2 unspecified atom stereocenters. The summed E-state index contributed by atoms with van der Waals surface area (Å²) >= 11 is 0. The van der Waals surface area contributed by atoms with Gasteiger partial charge < -0.3 is 16.2 Å². The van der Waals surface area contributed by atoms with Crippen molar-refractivity contribution in [3.05, 3.63) is 0 Å². The third kappa shape index (κ3) is 2.66. The Morgan fingerprint density at radius 2 is 2.05 bits per heavy atom. The van der Waals surface area contributed by atoms with E-state index >= 15 is 0 Å². The first-order valence-corrected chi connectivity index (χ1v) is 9.68. The molecule has 1 aliphatic heterocycles. The zero-order chi connectivity index (χ0) is 16.2. The third-order valence-corrected chi connectivity index (χ3v) is 6.87. The zero-order valence-corrected chi connectivity index (χ0v) is 13.8. The number of sulfonamides is 1. The minimum atomic E-state index is -3.28. The summed E-state index contributed by atoms with van der Waals surface area (Å²) in [5, 5.41) is 0. The predicted molar refractivity (Wildman–Crippen MR) is 81.3 cm³/mol. The van der Waals surface area contributed by atoms with Crippen LogP contribution in [0.5, 0.6) is 0 Å². The van der Waals surface area contributed by atoms with Gasteiger partial charge in [0.25, 0.3) is 0 Å². The van der Waals surface area contributed by atoms with Gasteiger partial charge in [-0.3, -0.25) is 4.79 Å². The molecule has 0 radical (unpaired) electrons. The number of nitrogens with zero attached hydrogens (tertiary/aromatic N) is 1. The van der Waals surface area contributed by atoms with E-state index in [9.17, 15) is 13.2 Å². The molecule has 0 aromatic rings. The molecule has 3 saturated carbocycles. The van der Waals surface area contributed by atoms with E-state index in [1.165, 1.54) is 10.6 Å². The van der Waals surface area contributed by atoms with Gasteiger partial charge in [-0.15, -0.1) is 0 Å². The van der Waals surface area contributed by atoms with Crippen LogP contribution in [0.3, 0.4) is 0 Å². The number of ether oxygens (including phenoxy) is 1. The minimum Gasteiger partial charge on any atom is -0.460 e. The summed E-state index contributed by atoms with van der Waals surface area (Å²) in [5.74, 6) is -0.202. The van der Waals surface area contributed by atoms with Crippen molar-refractivity contribution < 1.29 is 17.9 Å². The first-order chi connectivity index (χ1) is 10.2. The van der Waals surface area contributed by atoms with Crippen LogP contribution >= 0.6 is 0 Å². The predicted octanol–water partition coefficient (Wildman–Crippen LogP) is -0.590. The summed E-state index contributed by atoms with van der Waals surface area (Å²) < 4.78 is 30.5. The van der Waals surface area contributed by atoms with Crippen LogP contribution in [0.25, 0.3) is 0 Å². The van der Waals surface area contributed by atoms with Crippen LogP contribution in [0, 0.1) is 11.3 Å². The average molecular weight is 331 g/mol. The molecule has 0 spiro atoms. The number of hydrogen-bond donors (Lipinski definition) is 2. The Kier molecular flexibility index (Phi) is 3.79. The monoisotopic (exact) mass is 331 g/mol. The standard InChI is InChI=1S/C14H25N3O4S/c1-22(19,20)17-5-2-10(6-15)11(7-17)21-12(18)13-3-4-14(16,8-13)9-13/h10-11H,2-9,15-16H2,1H3. The second kappa shape index (κ2) is 5.15.